The van der Waals surface area contributed by atoms with Crippen molar-refractivity contribution in [3.05, 3.63) is 71.8 Å². The Balaban J connectivity index is 1.68. The van der Waals surface area contributed by atoms with Crippen LogP contribution in [-0.2, 0) is 11.2 Å². The quantitative estimate of drug-likeness (QED) is 0.283. The van der Waals surface area contributed by atoms with Crippen LogP contribution in [0.2, 0.25) is 0 Å². The normalized spacial score (nSPS) is 21.7. The first-order valence-corrected chi connectivity index (χ1v) is 11.0. The summed E-state index contributed by atoms with van der Waals surface area (Å²) in [6.45, 7) is 4.59. The highest BCUT2D eigenvalue weighted by molar-refractivity contribution is 5.64. The third-order valence-corrected chi connectivity index (χ3v) is 6.12. The van der Waals surface area contributed by atoms with Gasteiger partial charge in [0.1, 0.15) is 24.5 Å². The molecule has 0 spiro atoms. The van der Waals surface area contributed by atoms with Crippen molar-refractivity contribution in [3.63, 3.8) is 0 Å². The molecule has 1 aliphatic heterocycles. The van der Waals surface area contributed by atoms with Crippen LogP contribution in [0.4, 0.5) is 22.0 Å². The molecule has 0 aromatic heterocycles. The summed E-state index contributed by atoms with van der Waals surface area (Å²) in [5.41, 5.74) is 1.90. The second-order valence-corrected chi connectivity index (χ2v) is 8.67. The van der Waals surface area contributed by atoms with Crippen LogP contribution in [0.15, 0.2) is 49.1 Å². The summed E-state index contributed by atoms with van der Waals surface area (Å²) >= 11 is 0. The molecule has 5 atom stereocenters. The third-order valence-electron chi connectivity index (χ3n) is 6.12. The Morgan fingerprint density at radius 1 is 1.03 bits per heavy atom. The van der Waals surface area contributed by atoms with Gasteiger partial charge in [0.05, 0.1) is 12.7 Å². The van der Waals surface area contributed by atoms with E-state index in [-0.39, 0.29) is 24.5 Å². The van der Waals surface area contributed by atoms with E-state index in [1.807, 2.05) is 18.2 Å². The van der Waals surface area contributed by atoms with Crippen LogP contribution < -0.4 is 0 Å². The van der Waals surface area contributed by atoms with Crippen LogP contribution >= 0.6 is 0 Å². The first-order valence-electron chi connectivity index (χ1n) is 11.0. The van der Waals surface area contributed by atoms with Crippen molar-refractivity contribution >= 4 is 0 Å². The Morgan fingerprint density at radius 2 is 1.69 bits per heavy atom. The summed E-state index contributed by atoms with van der Waals surface area (Å²) in [6, 6.07) is 9.91. The molecule has 174 valence electrons. The number of rotatable bonds is 9. The van der Waals surface area contributed by atoms with Gasteiger partial charge in [-0.2, -0.15) is 0 Å². The highest BCUT2D eigenvalue weighted by atomic mass is 19.2. The van der Waals surface area contributed by atoms with Crippen LogP contribution in [0.1, 0.15) is 43.4 Å². The van der Waals surface area contributed by atoms with Gasteiger partial charge in [-0.1, -0.05) is 37.3 Å². The fraction of sp³-hybridized carbons (Fsp3) is 0.462. The largest absolute Gasteiger partial charge is 0.373 e. The molecular weight excluding hydrogens is 423 g/mol. The Labute approximate surface area is 186 Å². The molecule has 1 fully saturated rings. The second-order valence-electron chi connectivity index (χ2n) is 8.67. The molecule has 1 saturated heterocycles. The average Bonchev–Trinajstić information content (AvgIpc) is 2.80. The van der Waals surface area contributed by atoms with E-state index >= 15 is 0 Å². The predicted molar refractivity (Wildman–Crippen MR) is 117 cm³/mol. The van der Waals surface area contributed by atoms with Crippen LogP contribution in [0.3, 0.4) is 0 Å². The van der Waals surface area contributed by atoms with Gasteiger partial charge in [-0.25, -0.2) is 22.0 Å². The van der Waals surface area contributed by atoms with Crippen LogP contribution in [0, 0.1) is 23.5 Å². The maximum atomic E-state index is 14.7. The molecule has 32 heavy (non-hydrogen) atoms. The van der Waals surface area contributed by atoms with E-state index in [2.05, 4.69) is 6.58 Å². The molecular formula is C26H29F5O. The fourth-order valence-electron chi connectivity index (χ4n) is 4.14. The van der Waals surface area contributed by atoms with Crippen LogP contribution in [0.25, 0.3) is 11.1 Å². The van der Waals surface area contributed by atoms with Gasteiger partial charge < -0.3 is 4.74 Å². The number of hydrogen-bond donors (Lipinski definition) is 0. The summed E-state index contributed by atoms with van der Waals surface area (Å²) in [5.74, 6) is -1.64. The average molecular weight is 453 g/mol. The van der Waals surface area contributed by atoms with Crippen molar-refractivity contribution in [1.29, 1.82) is 0 Å². The molecule has 2 aromatic carbocycles. The Kier molecular flexibility index (Phi) is 8.46. The van der Waals surface area contributed by atoms with Crippen LogP contribution in [-0.4, -0.2) is 25.6 Å². The lowest BCUT2D eigenvalue weighted by Gasteiger charge is -2.27. The van der Waals surface area contributed by atoms with Crippen molar-refractivity contribution in [1.82, 2.24) is 0 Å². The predicted octanol–water partition coefficient (Wildman–Crippen LogP) is 7.50. The fourth-order valence-corrected chi connectivity index (χ4v) is 4.14. The lowest BCUT2D eigenvalue weighted by molar-refractivity contribution is -0.00513. The Bertz CT molecular complexity index is 867. The molecule has 0 radical (unpaired) electrons. The number of alkyl halides is 3. The zero-order valence-corrected chi connectivity index (χ0v) is 18.2. The van der Waals surface area contributed by atoms with E-state index < -0.39 is 36.6 Å². The minimum atomic E-state index is -2.21. The summed E-state index contributed by atoms with van der Waals surface area (Å²) in [6.07, 6.45) is -0.793. The van der Waals surface area contributed by atoms with Gasteiger partial charge in [0.15, 0.2) is 6.17 Å². The van der Waals surface area contributed by atoms with Gasteiger partial charge in [0.2, 0.25) is 0 Å². The Morgan fingerprint density at radius 3 is 2.22 bits per heavy atom. The molecule has 0 N–H and O–H groups in total. The van der Waals surface area contributed by atoms with E-state index in [0.29, 0.717) is 23.7 Å². The molecule has 0 amide bonds. The van der Waals surface area contributed by atoms with E-state index in [1.54, 1.807) is 19.1 Å². The van der Waals surface area contributed by atoms with Gasteiger partial charge in [0, 0.05) is 11.5 Å². The highest BCUT2D eigenvalue weighted by Gasteiger charge is 2.25. The van der Waals surface area contributed by atoms with Crippen LogP contribution in [0.5, 0.6) is 0 Å². The molecule has 1 nitrogen and oxygen atoms in total. The van der Waals surface area contributed by atoms with Gasteiger partial charge in [-0.15, -0.1) is 6.58 Å². The molecule has 0 bridgehead atoms. The van der Waals surface area contributed by atoms with Gasteiger partial charge in [0.25, 0.3) is 0 Å². The van der Waals surface area contributed by atoms with Gasteiger partial charge >= 0.3 is 0 Å². The number of benzene rings is 2. The molecule has 2 aromatic rings. The zero-order chi connectivity index (χ0) is 23.3. The molecule has 3 rings (SSSR count). The third kappa shape index (κ3) is 5.97. The SMILES string of the molecule is C=CC1CCC(c2ccc(-c3cc(F)c(CC(C)CC(F)C(F)CF)c(F)c3)cc2)OC1. The smallest absolute Gasteiger partial charge is 0.159 e. The lowest BCUT2D eigenvalue weighted by Crippen LogP contribution is -2.22. The van der Waals surface area contributed by atoms with Gasteiger partial charge in [-0.3, -0.25) is 0 Å². The standard InChI is InChI=1S/C26H29F5O/c1-3-17-4-9-26(32-15-17)19-7-5-18(6-8-19)20-12-22(28)21(23(29)13-20)10-16(2)11-24(30)25(31)14-27/h3,5-8,12-13,16-17,24-26H,1,4,9-11,14-15H2,2H3. The summed E-state index contributed by atoms with van der Waals surface area (Å²) in [7, 11) is 0. The monoisotopic (exact) mass is 452 g/mol. The van der Waals surface area contributed by atoms with E-state index in [4.69, 9.17) is 4.74 Å². The summed E-state index contributed by atoms with van der Waals surface area (Å²) in [4.78, 5) is 0. The topological polar surface area (TPSA) is 9.23 Å². The first-order chi connectivity index (χ1) is 15.3. The van der Waals surface area contributed by atoms with E-state index in [0.717, 1.165) is 18.4 Å². The second kappa shape index (κ2) is 11.1. The van der Waals surface area contributed by atoms with Gasteiger partial charge in [-0.05, 0) is 60.4 Å². The minimum absolute atomic E-state index is 0.00164. The van der Waals surface area contributed by atoms with Crippen molar-refractivity contribution < 1.29 is 26.7 Å². The van der Waals surface area contributed by atoms with E-state index in [1.165, 1.54) is 12.1 Å². The van der Waals surface area contributed by atoms with Crippen molar-refractivity contribution in [3.8, 4) is 11.1 Å². The first kappa shape index (κ1) is 24.4. The molecule has 6 heteroatoms. The maximum absolute atomic E-state index is 14.7. The molecule has 1 aliphatic rings. The number of ether oxygens (including phenoxy) is 1. The zero-order valence-electron chi connectivity index (χ0n) is 18.2. The maximum Gasteiger partial charge on any atom is 0.159 e. The molecule has 0 aliphatic carbocycles. The van der Waals surface area contributed by atoms with Crippen molar-refractivity contribution in [2.75, 3.05) is 13.3 Å². The van der Waals surface area contributed by atoms with E-state index in [9.17, 15) is 22.0 Å². The highest BCUT2D eigenvalue weighted by Crippen LogP contribution is 2.33. The molecule has 5 unspecified atom stereocenters. The molecule has 0 saturated carbocycles. The molecule has 1 heterocycles. The lowest BCUT2D eigenvalue weighted by atomic mass is 9.92. The van der Waals surface area contributed by atoms with Crippen molar-refractivity contribution in [2.45, 2.75) is 51.1 Å². The minimum Gasteiger partial charge on any atom is -0.373 e. The summed E-state index contributed by atoms with van der Waals surface area (Å²) in [5, 5.41) is 0. The Hall–Kier alpha value is -2.21. The summed E-state index contributed by atoms with van der Waals surface area (Å²) < 4.78 is 74.2. The number of hydrogen-bond acceptors (Lipinski definition) is 1. The van der Waals surface area contributed by atoms with Crippen molar-refractivity contribution in [2.24, 2.45) is 11.8 Å². The number of halogens is 5.